The van der Waals surface area contributed by atoms with Gasteiger partial charge in [0.15, 0.2) is 11.6 Å². The number of nitrogens with two attached hydrogens (primary N) is 1. The number of nitrogen functional groups attached to an aromatic ring is 1. The molecule has 0 spiro atoms. The maximum absolute atomic E-state index is 11.0. The van der Waals surface area contributed by atoms with E-state index in [1.165, 1.54) is 13.3 Å². The largest absolute Gasteiger partial charge is 0.393 e. The Labute approximate surface area is 144 Å². The molecule has 8 nitrogen and oxygen atoms in total. The summed E-state index contributed by atoms with van der Waals surface area (Å²) in [6, 6.07) is 12.7. The first kappa shape index (κ1) is 16.2. The molecule has 8 heteroatoms. The molecule has 0 saturated heterocycles. The zero-order chi connectivity index (χ0) is 17.6. The quantitative estimate of drug-likeness (QED) is 0.566. The molecule has 3 aromatic rings. The molecule has 0 fully saturated rings. The van der Waals surface area contributed by atoms with E-state index in [1.54, 1.807) is 18.3 Å². The molecule has 0 radical (unpaired) electrons. The zero-order valence-corrected chi connectivity index (χ0v) is 13.5. The van der Waals surface area contributed by atoms with Gasteiger partial charge in [-0.2, -0.15) is 0 Å². The van der Waals surface area contributed by atoms with E-state index in [1.807, 2.05) is 30.3 Å². The number of nitrogens with one attached hydrogen (secondary N) is 3. The minimum absolute atomic E-state index is 0.119. The Hall–Kier alpha value is -3.68. The minimum atomic E-state index is -0.119. The fourth-order valence-electron chi connectivity index (χ4n) is 2.13. The topological polar surface area (TPSA) is 118 Å². The summed E-state index contributed by atoms with van der Waals surface area (Å²) in [6.45, 7) is 1.46. The first-order chi connectivity index (χ1) is 12.1. The molecule has 0 atom stereocenters. The van der Waals surface area contributed by atoms with E-state index in [-0.39, 0.29) is 5.91 Å². The van der Waals surface area contributed by atoms with E-state index in [0.29, 0.717) is 28.8 Å². The van der Waals surface area contributed by atoms with Crippen molar-refractivity contribution in [3.8, 4) is 0 Å². The molecule has 5 N–H and O–H groups in total. The average Bonchev–Trinajstić information content (AvgIpc) is 2.60. The number of amides is 1. The molecule has 0 bridgehead atoms. The second kappa shape index (κ2) is 7.26. The highest BCUT2D eigenvalue weighted by Gasteiger charge is 2.09. The molecule has 3 rings (SSSR count). The van der Waals surface area contributed by atoms with Gasteiger partial charge in [-0.3, -0.25) is 4.79 Å². The first-order valence-electron chi connectivity index (χ1n) is 7.55. The molecule has 0 unspecified atom stereocenters. The molecule has 25 heavy (non-hydrogen) atoms. The van der Waals surface area contributed by atoms with Crippen LogP contribution in [0, 0.1) is 0 Å². The Morgan fingerprint density at radius 2 is 1.60 bits per heavy atom. The maximum Gasteiger partial charge on any atom is 0.221 e. The molecule has 1 amide bonds. The van der Waals surface area contributed by atoms with E-state index in [2.05, 4.69) is 30.9 Å². The van der Waals surface area contributed by atoms with Gasteiger partial charge in [0.05, 0.1) is 0 Å². The number of pyridine rings is 1. The molecule has 2 aromatic heterocycles. The van der Waals surface area contributed by atoms with Crippen molar-refractivity contribution in [3.63, 3.8) is 0 Å². The van der Waals surface area contributed by atoms with Gasteiger partial charge >= 0.3 is 0 Å². The number of benzene rings is 1. The number of carbonyl (C=O) groups is 1. The van der Waals surface area contributed by atoms with Crippen molar-refractivity contribution in [1.82, 2.24) is 15.0 Å². The lowest BCUT2D eigenvalue weighted by molar-refractivity contribution is -0.114. The summed E-state index contributed by atoms with van der Waals surface area (Å²) in [7, 11) is 0. The highest BCUT2D eigenvalue weighted by atomic mass is 16.1. The third kappa shape index (κ3) is 4.20. The summed E-state index contributed by atoms with van der Waals surface area (Å²) in [5.74, 6) is 1.45. The molecule has 126 valence electrons. The van der Waals surface area contributed by atoms with Crippen LogP contribution >= 0.6 is 0 Å². The second-order valence-corrected chi connectivity index (χ2v) is 5.21. The van der Waals surface area contributed by atoms with Gasteiger partial charge in [0.25, 0.3) is 0 Å². The van der Waals surface area contributed by atoms with Crippen LogP contribution in [0.1, 0.15) is 6.92 Å². The molecular weight excluding hydrogens is 318 g/mol. The van der Waals surface area contributed by atoms with Crippen LogP contribution in [0.15, 0.2) is 55.0 Å². The van der Waals surface area contributed by atoms with E-state index in [0.717, 1.165) is 5.69 Å². The molecule has 0 aliphatic heterocycles. The highest BCUT2D eigenvalue weighted by molar-refractivity contribution is 5.89. The lowest BCUT2D eigenvalue weighted by Gasteiger charge is -2.12. The zero-order valence-electron chi connectivity index (χ0n) is 13.5. The minimum Gasteiger partial charge on any atom is -0.393 e. The predicted octanol–water partition coefficient (Wildman–Crippen LogP) is 2.90. The van der Waals surface area contributed by atoms with Gasteiger partial charge in [0.1, 0.15) is 17.8 Å². The van der Waals surface area contributed by atoms with Crippen LogP contribution in [0.5, 0.6) is 0 Å². The number of hydrogen-bond acceptors (Lipinski definition) is 7. The van der Waals surface area contributed by atoms with Gasteiger partial charge in [-0.1, -0.05) is 6.07 Å². The van der Waals surface area contributed by atoms with E-state index < -0.39 is 0 Å². The Morgan fingerprint density at radius 3 is 2.24 bits per heavy atom. The van der Waals surface area contributed by atoms with Crippen molar-refractivity contribution in [2.75, 3.05) is 21.7 Å². The number of anilines is 6. The summed E-state index contributed by atoms with van der Waals surface area (Å²) in [6.07, 6.45) is 3.09. The Morgan fingerprint density at radius 1 is 0.920 bits per heavy atom. The van der Waals surface area contributed by atoms with Crippen LogP contribution in [0.3, 0.4) is 0 Å². The summed E-state index contributed by atoms with van der Waals surface area (Å²) in [5.41, 5.74) is 8.01. The molecule has 0 aliphatic rings. The van der Waals surface area contributed by atoms with Crippen molar-refractivity contribution in [2.24, 2.45) is 0 Å². The predicted molar refractivity (Wildman–Crippen MR) is 98.0 cm³/mol. The number of nitrogens with zero attached hydrogens (tertiary/aromatic N) is 3. The second-order valence-electron chi connectivity index (χ2n) is 5.21. The summed E-state index contributed by atoms with van der Waals surface area (Å²) < 4.78 is 0. The van der Waals surface area contributed by atoms with Gasteiger partial charge in [0.2, 0.25) is 5.91 Å². The lowest BCUT2D eigenvalue weighted by atomic mass is 10.2. The van der Waals surface area contributed by atoms with Gasteiger partial charge < -0.3 is 21.7 Å². The Balaban J connectivity index is 1.76. The van der Waals surface area contributed by atoms with Crippen LogP contribution in [-0.4, -0.2) is 20.9 Å². The number of rotatable bonds is 5. The SMILES string of the molecule is CC(=O)Nc1ccc(Nc2ncnc(Nc3ccccn3)c2N)cc1. The van der Waals surface area contributed by atoms with Gasteiger partial charge in [-0.15, -0.1) is 0 Å². The van der Waals surface area contributed by atoms with Crippen LogP contribution in [0.25, 0.3) is 0 Å². The molecular formula is C17H17N7O. The monoisotopic (exact) mass is 335 g/mol. The van der Waals surface area contributed by atoms with Crippen molar-refractivity contribution in [2.45, 2.75) is 6.92 Å². The lowest BCUT2D eigenvalue weighted by Crippen LogP contribution is -2.06. The number of hydrogen-bond donors (Lipinski definition) is 4. The summed E-state index contributed by atoms with van der Waals surface area (Å²) >= 11 is 0. The van der Waals surface area contributed by atoms with Crippen molar-refractivity contribution in [1.29, 1.82) is 0 Å². The fourth-order valence-corrected chi connectivity index (χ4v) is 2.13. The Kier molecular flexibility index (Phi) is 4.70. The molecule has 1 aromatic carbocycles. The van der Waals surface area contributed by atoms with Crippen molar-refractivity contribution in [3.05, 3.63) is 55.0 Å². The molecule has 2 heterocycles. The van der Waals surface area contributed by atoms with E-state index >= 15 is 0 Å². The normalized spacial score (nSPS) is 10.1. The van der Waals surface area contributed by atoms with Crippen molar-refractivity contribution < 1.29 is 4.79 Å². The molecule has 0 saturated carbocycles. The number of aromatic nitrogens is 3. The number of carbonyl (C=O) groups excluding carboxylic acids is 1. The van der Waals surface area contributed by atoms with Crippen LogP contribution in [-0.2, 0) is 4.79 Å². The van der Waals surface area contributed by atoms with Crippen molar-refractivity contribution >= 4 is 40.4 Å². The van der Waals surface area contributed by atoms with Crippen LogP contribution < -0.4 is 21.7 Å². The summed E-state index contributed by atoms with van der Waals surface area (Å²) in [4.78, 5) is 23.5. The third-order valence-electron chi connectivity index (χ3n) is 3.26. The smallest absolute Gasteiger partial charge is 0.221 e. The standard InChI is InChI=1S/C17H17N7O/c1-11(25)22-12-5-7-13(8-6-12)23-16-15(18)17(21-10-20-16)24-14-4-2-3-9-19-14/h2-10H,18H2,1H3,(H,22,25)(H2,19,20,21,23,24). The van der Waals surface area contributed by atoms with Crippen LogP contribution in [0.4, 0.5) is 34.5 Å². The Bertz CT molecular complexity index is 866. The van der Waals surface area contributed by atoms with Crippen LogP contribution in [0.2, 0.25) is 0 Å². The van der Waals surface area contributed by atoms with E-state index in [9.17, 15) is 4.79 Å². The summed E-state index contributed by atoms with van der Waals surface area (Å²) in [5, 5.41) is 8.89. The van der Waals surface area contributed by atoms with Gasteiger partial charge in [0, 0.05) is 24.5 Å². The van der Waals surface area contributed by atoms with E-state index in [4.69, 9.17) is 5.73 Å². The highest BCUT2D eigenvalue weighted by Crippen LogP contribution is 2.27. The van der Waals surface area contributed by atoms with Gasteiger partial charge in [-0.05, 0) is 36.4 Å². The average molecular weight is 335 g/mol. The fraction of sp³-hybridized carbons (Fsp3) is 0.0588. The van der Waals surface area contributed by atoms with Gasteiger partial charge in [-0.25, -0.2) is 15.0 Å². The first-order valence-corrected chi connectivity index (χ1v) is 7.55. The molecule has 0 aliphatic carbocycles. The third-order valence-corrected chi connectivity index (χ3v) is 3.26. The maximum atomic E-state index is 11.0.